The second kappa shape index (κ2) is 8.29. The van der Waals surface area contributed by atoms with Crippen molar-refractivity contribution in [3.63, 3.8) is 0 Å². The fraction of sp³-hybridized carbons (Fsp3) is 0.421. The monoisotopic (exact) mass is 479 g/mol. The Kier molecular flexibility index (Phi) is 5.75. The van der Waals surface area contributed by atoms with Crippen molar-refractivity contribution in [2.45, 2.75) is 19.9 Å². The van der Waals surface area contributed by atoms with Gasteiger partial charge in [0.25, 0.3) is 0 Å². The predicted octanol–water partition coefficient (Wildman–Crippen LogP) is 3.43. The van der Waals surface area contributed by atoms with Gasteiger partial charge in [-0.25, -0.2) is 9.78 Å². The first kappa shape index (κ1) is 20.1. The molecule has 0 aliphatic carbocycles. The van der Waals surface area contributed by atoms with Gasteiger partial charge in [0.2, 0.25) is 10.8 Å². The Bertz CT molecular complexity index is 1010. The van der Waals surface area contributed by atoms with Crippen LogP contribution in [0.15, 0.2) is 28.7 Å². The number of ether oxygens (including phenoxy) is 1. The quantitative estimate of drug-likeness (QED) is 0.616. The molecule has 1 N–H and O–H groups in total. The highest BCUT2D eigenvalue weighted by atomic mass is 79.9. The lowest BCUT2D eigenvalue weighted by atomic mass is 10.0. The highest BCUT2D eigenvalue weighted by molar-refractivity contribution is 9.10. The molecule has 154 valence electrons. The number of carbonyl (C=O) groups excluding carboxylic acids is 1. The third-order valence-electron chi connectivity index (χ3n) is 4.95. The number of hydrogen-bond donors (Lipinski definition) is 1. The van der Waals surface area contributed by atoms with Crippen LogP contribution >= 0.6 is 27.3 Å². The fourth-order valence-corrected chi connectivity index (χ4v) is 5.00. The van der Waals surface area contributed by atoms with Crippen molar-refractivity contribution in [3.05, 3.63) is 45.0 Å². The fourth-order valence-electron chi connectivity index (χ4n) is 3.58. The van der Waals surface area contributed by atoms with Crippen LogP contribution in [0.25, 0.3) is 4.96 Å². The summed E-state index contributed by atoms with van der Waals surface area (Å²) in [4.78, 5) is 21.9. The van der Waals surface area contributed by atoms with Crippen LogP contribution < -0.4 is 0 Å². The van der Waals surface area contributed by atoms with Crippen LogP contribution in [0.4, 0.5) is 4.79 Å². The van der Waals surface area contributed by atoms with E-state index in [0.29, 0.717) is 43.6 Å². The summed E-state index contributed by atoms with van der Waals surface area (Å²) in [6, 6.07) is 7.94. The largest absolute Gasteiger partial charge is 0.492 e. The zero-order valence-corrected chi connectivity index (χ0v) is 18.6. The van der Waals surface area contributed by atoms with E-state index in [1.807, 2.05) is 31.2 Å². The van der Waals surface area contributed by atoms with Crippen LogP contribution in [0.3, 0.4) is 0 Å². The van der Waals surface area contributed by atoms with Crippen molar-refractivity contribution < 1.29 is 14.6 Å². The number of hydrogen-bond acceptors (Lipinski definition) is 7. The number of aromatic nitrogens is 3. The summed E-state index contributed by atoms with van der Waals surface area (Å²) in [5, 5.41) is 15.2. The molecule has 0 unspecified atom stereocenters. The maximum atomic E-state index is 12.0. The molecule has 29 heavy (non-hydrogen) atoms. The van der Waals surface area contributed by atoms with Crippen molar-refractivity contribution >= 4 is 38.3 Å². The highest BCUT2D eigenvalue weighted by Gasteiger charge is 2.32. The predicted molar refractivity (Wildman–Crippen MR) is 113 cm³/mol. The maximum absolute atomic E-state index is 12.0. The van der Waals surface area contributed by atoms with Gasteiger partial charge < -0.3 is 14.7 Å². The summed E-state index contributed by atoms with van der Waals surface area (Å²) >= 11 is 4.93. The van der Waals surface area contributed by atoms with Crippen molar-refractivity contribution in [2.24, 2.45) is 0 Å². The number of aryl methyl sites for hydroxylation is 1. The van der Waals surface area contributed by atoms with E-state index in [2.05, 4.69) is 30.9 Å². The Morgan fingerprint density at radius 1 is 1.28 bits per heavy atom. The van der Waals surface area contributed by atoms with Crippen LogP contribution in [-0.4, -0.2) is 68.4 Å². The first-order valence-electron chi connectivity index (χ1n) is 9.44. The van der Waals surface area contributed by atoms with Gasteiger partial charge in [0.1, 0.15) is 5.82 Å². The SMILES string of the molecule is CCOC(=O)N1CCN([C@@H](c2ccc(Br)cc2)c2sc3nc(C)nn3c2O)CC1. The van der Waals surface area contributed by atoms with Gasteiger partial charge in [-0.2, -0.15) is 4.52 Å². The molecule has 3 heterocycles. The smallest absolute Gasteiger partial charge is 0.409 e. The van der Waals surface area contributed by atoms with E-state index in [1.165, 1.54) is 15.9 Å². The molecule has 8 nitrogen and oxygen atoms in total. The minimum absolute atomic E-state index is 0.117. The minimum atomic E-state index is -0.274. The van der Waals surface area contributed by atoms with E-state index in [0.717, 1.165) is 14.9 Å². The first-order chi connectivity index (χ1) is 14.0. The van der Waals surface area contributed by atoms with Gasteiger partial charge in [-0.05, 0) is 31.5 Å². The molecule has 1 aromatic carbocycles. The number of carbonyl (C=O) groups is 1. The number of benzene rings is 1. The summed E-state index contributed by atoms with van der Waals surface area (Å²) < 4.78 is 7.62. The van der Waals surface area contributed by atoms with E-state index >= 15 is 0 Å². The number of halogens is 1. The Balaban J connectivity index is 1.66. The molecule has 1 saturated heterocycles. The molecular weight excluding hydrogens is 458 g/mol. The van der Waals surface area contributed by atoms with E-state index in [-0.39, 0.29) is 18.0 Å². The molecule has 1 atom stereocenters. The van der Waals surface area contributed by atoms with Crippen LogP contribution in [0.5, 0.6) is 5.88 Å². The van der Waals surface area contributed by atoms with Crippen LogP contribution in [0.1, 0.15) is 29.2 Å². The zero-order chi connectivity index (χ0) is 20.5. The maximum Gasteiger partial charge on any atom is 0.409 e. The number of amides is 1. The summed E-state index contributed by atoms with van der Waals surface area (Å²) in [6.07, 6.45) is -0.274. The molecule has 1 aliphatic rings. The summed E-state index contributed by atoms with van der Waals surface area (Å²) in [7, 11) is 0. The second-order valence-corrected chi connectivity index (χ2v) is 8.74. The molecule has 1 fully saturated rings. The molecule has 0 bridgehead atoms. The van der Waals surface area contributed by atoms with Crippen molar-refractivity contribution in [2.75, 3.05) is 32.8 Å². The van der Waals surface area contributed by atoms with Gasteiger partial charge in [-0.15, -0.1) is 5.10 Å². The van der Waals surface area contributed by atoms with Crippen molar-refractivity contribution in [1.82, 2.24) is 24.4 Å². The number of piperazine rings is 1. The number of nitrogens with zero attached hydrogens (tertiary/aromatic N) is 5. The van der Waals surface area contributed by atoms with Gasteiger partial charge in [0.15, 0.2) is 0 Å². The molecule has 0 radical (unpaired) electrons. The molecule has 3 aromatic rings. The Morgan fingerprint density at radius 2 is 1.97 bits per heavy atom. The molecule has 4 rings (SSSR count). The highest BCUT2D eigenvalue weighted by Crippen LogP contribution is 2.40. The Morgan fingerprint density at radius 3 is 2.59 bits per heavy atom. The third-order valence-corrected chi connectivity index (χ3v) is 6.55. The molecule has 2 aromatic heterocycles. The normalized spacial score (nSPS) is 16.3. The van der Waals surface area contributed by atoms with Crippen LogP contribution in [0, 0.1) is 6.92 Å². The van der Waals surface area contributed by atoms with Crippen LogP contribution in [-0.2, 0) is 4.74 Å². The van der Waals surface area contributed by atoms with E-state index in [4.69, 9.17) is 4.74 Å². The van der Waals surface area contributed by atoms with Gasteiger partial charge in [0, 0.05) is 30.7 Å². The average Bonchev–Trinajstić information content (AvgIpc) is 3.22. The average molecular weight is 480 g/mol. The second-order valence-electron chi connectivity index (χ2n) is 6.82. The van der Waals surface area contributed by atoms with E-state index < -0.39 is 0 Å². The number of thiazole rings is 1. The number of rotatable bonds is 4. The van der Waals surface area contributed by atoms with Crippen molar-refractivity contribution in [3.8, 4) is 5.88 Å². The Hall–Kier alpha value is -2.17. The molecule has 0 saturated carbocycles. The van der Waals surface area contributed by atoms with E-state index in [1.54, 1.807) is 11.8 Å². The minimum Gasteiger partial charge on any atom is -0.492 e. The number of fused-ring (bicyclic) bond motifs is 1. The third kappa shape index (κ3) is 3.96. The lowest BCUT2D eigenvalue weighted by Crippen LogP contribution is -2.49. The van der Waals surface area contributed by atoms with Gasteiger partial charge in [0.05, 0.1) is 17.5 Å². The van der Waals surface area contributed by atoms with Crippen LogP contribution in [0.2, 0.25) is 0 Å². The standard InChI is InChI=1S/C19H22BrN5O3S/c1-3-28-19(27)24-10-8-23(9-11-24)15(13-4-6-14(20)7-5-13)16-17(26)25-18(29-16)21-12(2)22-25/h4-7,15,26H,3,8-11H2,1-2H3/t15-/m0/s1. The lowest BCUT2D eigenvalue weighted by molar-refractivity contribution is 0.0715. The molecule has 1 aliphatic heterocycles. The van der Waals surface area contributed by atoms with Crippen molar-refractivity contribution in [1.29, 1.82) is 0 Å². The molecule has 10 heteroatoms. The van der Waals surface area contributed by atoms with Gasteiger partial charge in [-0.1, -0.05) is 39.4 Å². The topological polar surface area (TPSA) is 83.2 Å². The molecule has 0 spiro atoms. The summed E-state index contributed by atoms with van der Waals surface area (Å²) in [5.41, 5.74) is 1.06. The van der Waals surface area contributed by atoms with Gasteiger partial charge in [-0.3, -0.25) is 4.90 Å². The van der Waals surface area contributed by atoms with E-state index in [9.17, 15) is 9.90 Å². The summed E-state index contributed by atoms with van der Waals surface area (Å²) in [5.74, 6) is 0.743. The molecule has 1 amide bonds. The summed E-state index contributed by atoms with van der Waals surface area (Å²) in [6.45, 7) is 6.48. The molecular formula is C19H22BrN5O3S. The van der Waals surface area contributed by atoms with Gasteiger partial charge >= 0.3 is 6.09 Å². The lowest BCUT2D eigenvalue weighted by Gasteiger charge is -2.38. The number of aromatic hydroxyl groups is 1. The Labute approximate surface area is 180 Å². The zero-order valence-electron chi connectivity index (χ0n) is 16.2. The first-order valence-corrected chi connectivity index (χ1v) is 11.0.